The molecular weight excluding hydrogens is 362 g/mol. The first kappa shape index (κ1) is 19.0. The predicted molar refractivity (Wildman–Crippen MR) is 107 cm³/mol. The van der Waals surface area contributed by atoms with Crippen molar-refractivity contribution in [2.45, 2.75) is 32.4 Å². The molecule has 140 valence electrons. The molecule has 0 bridgehead atoms. The van der Waals surface area contributed by atoms with Gasteiger partial charge in [-0.15, -0.1) is 0 Å². The third-order valence-electron chi connectivity index (χ3n) is 4.25. The van der Waals surface area contributed by atoms with E-state index in [2.05, 4.69) is 24.1 Å². The summed E-state index contributed by atoms with van der Waals surface area (Å²) in [6.07, 6.45) is 4.23. The summed E-state index contributed by atoms with van der Waals surface area (Å²) in [5, 5.41) is 3.42. The third kappa shape index (κ3) is 5.34. The summed E-state index contributed by atoms with van der Waals surface area (Å²) in [5.41, 5.74) is 2.77. The van der Waals surface area contributed by atoms with Crippen molar-refractivity contribution < 1.29 is 9.53 Å². The molecule has 3 rings (SSSR count). The van der Waals surface area contributed by atoms with E-state index in [9.17, 15) is 4.79 Å². The second-order valence-electron chi connectivity index (χ2n) is 6.61. The van der Waals surface area contributed by atoms with Gasteiger partial charge in [-0.1, -0.05) is 49.7 Å². The quantitative estimate of drug-likeness (QED) is 0.598. The molecule has 0 aliphatic rings. The van der Waals surface area contributed by atoms with Gasteiger partial charge in [-0.3, -0.25) is 5.32 Å². The van der Waals surface area contributed by atoms with E-state index in [4.69, 9.17) is 16.3 Å². The van der Waals surface area contributed by atoms with E-state index in [1.54, 1.807) is 24.7 Å². The molecule has 27 heavy (non-hydrogen) atoms. The molecule has 2 aromatic carbocycles. The Morgan fingerprint density at radius 1 is 1.11 bits per heavy atom. The first-order chi connectivity index (χ1) is 13.0. The summed E-state index contributed by atoms with van der Waals surface area (Å²) in [4.78, 5) is 16.5. The molecule has 0 aliphatic carbocycles. The highest BCUT2D eigenvalue weighted by atomic mass is 35.5. The molecule has 3 aromatic rings. The smallest absolute Gasteiger partial charge is 0.412 e. The molecule has 0 aliphatic heterocycles. The van der Waals surface area contributed by atoms with Crippen LogP contribution in [0, 0.1) is 0 Å². The van der Waals surface area contributed by atoms with Gasteiger partial charge in [0.05, 0.1) is 12.9 Å². The fraction of sp³-hybridized carbons (Fsp3) is 0.238. The number of aromatic nitrogens is 2. The van der Waals surface area contributed by atoms with Crippen molar-refractivity contribution in [2.24, 2.45) is 0 Å². The maximum Gasteiger partial charge on any atom is 0.412 e. The van der Waals surface area contributed by atoms with Crippen molar-refractivity contribution in [3.05, 3.63) is 83.4 Å². The molecule has 1 aromatic heterocycles. The zero-order valence-corrected chi connectivity index (χ0v) is 16.1. The molecule has 0 fully saturated rings. The second kappa shape index (κ2) is 8.73. The van der Waals surface area contributed by atoms with E-state index in [0.717, 1.165) is 5.56 Å². The highest BCUT2D eigenvalue weighted by molar-refractivity contribution is 6.30. The maximum absolute atomic E-state index is 12.4. The Balaban J connectivity index is 1.70. The van der Waals surface area contributed by atoms with Crippen LogP contribution in [0.3, 0.4) is 0 Å². The average molecular weight is 384 g/mol. The number of anilines is 1. The summed E-state index contributed by atoms with van der Waals surface area (Å²) in [7, 11) is 0. The van der Waals surface area contributed by atoms with E-state index in [0.29, 0.717) is 23.2 Å². The lowest BCUT2D eigenvalue weighted by molar-refractivity contribution is 0.0998. The number of hydrogen-bond acceptors (Lipinski definition) is 3. The fourth-order valence-corrected chi connectivity index (χ4v) is 2.83. The molecule has 0 spiro atoms. The largest absolute Gasteiger partial charge is 0.439 e. The Morgan fingerprint density at radius 2 is 1.78 bits per heavy atom. The van der Waals surface area contributed by atoms with Gasteiger partial charge >= 0.3 is 6.09 Å². The van der Waals surface area contributed by atoms with Crippen LogP contribution in [0.15, 0.2) is 67.3 Å². The van der Waals surface area contributed by atoms with Gasteiger partial charge < -0.3 is 9.30 Å². The van der Waals surface area contributed by atoms with Gasteiger partial charge in [0.1, 0.15) is 6.10 Å². The lowest BCUT2D eigenvalue weighted by Gasteiger charge is -2.19. The van der Waals surface area contributed by atoms with E-state index < -0.39 is 12.2 Å². The van der Waals surface area contributed by atoms with Crippen LogP contribution in [-0.2, 0) is 11.3 Å². The Hall–Kier alpha value is -2.79. The minimum Gasteiger partial charge on any atom is -0.439 e. The molecular formula is C21H22ClN3O2. The minimum atomic E-state index is -0.507. The van der Waals surface area contributed by atoms with E-state index in [-0.39, 0.29) is 0 Å². The Kier molecular flexibility index (Phi) is 6.14. The molecule has 1 atom stereocenters. The maximum atomic E-state index is 12.4. The first-order valence-electron chi connectivity index (χ1n) is 8.80. The lowest BCUT2D eigenvalue weighted by Crippen LogP contribution is -2.20. The number of benzene rings is 2. The molecule has 1 amide bonds. The number of hydrogen-bond donors (Lipinski definition) is 1. The van der Waals surface area contributed by atoms with Crippen LogP contribution in [0.4, 0.5) is 10.5 Å². The van der Waals surface area contributed by atoms with Crippen LogP contribution < -0.4 is 5.32 Å². The summed E-state index contributed by atoms with van der Waals surface area (Å²) < 4.78 is 7.55. The van der Waals surface area contributed by atoms with Crippen LogP contribution in [0.5, 0.6) is 0 Å². The van der Waals surface area contributed by atoms with Crippen molar-refractivity contribution in [3.63, 3.8) is 0 Å². The van der Waals surface area contributed by atoms with Crippen molar-refractivity contribution in [1.29, 1.82) is 0 Å². The van der Waals surface area contributed by atoms with Gasteiger partial charge in [-0.25, -0.2) is 9.78 Å². The lowest BCUT2D eigenvalue weighted by atomic mass is 10.0. The summed E-state index contributed by atoms with van der Waals surface area (Å²) in [6, 6.07) is 15.0. The van der Waals surface area contributed by atoms with Gasteiger partial charge in [0.25, 0.3) is 0 Å². The topological polar surface area (TPSA) is 56.1 Å². The number of nitrogens with one attached hydrogen (secondary N) is 1. The third-order valence-corrected chi connectivity index (χ3v) is 4.50. The van der Waals surface area contributed by atoms with Crippen molar-refractivity contribution in [2.75, 3.05) is 5.32 Å². The molecule has 1 N–H and O–H groups in total. The van der Waals surface area contributed by atoms with Crippen molar-refractivity contribution in [1.82, 2.24) is 9.55 Å². The SMILES string of the molecule is CC(C)c1ccc(NC(=O)O[C@@H](Cn2ccnc2)c2ccc(Cl)cc2)cc1. The number of halogens is 1. The van der Waals surface area contributed by atoms with Gasteiger partial charge in [-0.2, -0.15) is 0 Å². The van der Waals surface area contributed by atoms with Gasteiger partial charge in [0.15, 0.2) is 0 Å². The Labute approximate surface area is 164 Å². The first-order valence-corrected chi connectivity index (χ1v) is 9.18. The molecule has 0 saturated carbocycles. The number of ether oxygens (including phenoxy) is 1. The normalized spacial score (nSPS) is 12.0. The van der Waals surface area contributed by atoms with E-state index >= 15 is 0 Å². The molecule has 0 unspecified atom stereocenters. The number of carbonyl (C=O) groups is 1. The minimum absolute atomic E-state index is 0.440. The molecule has 0 saturated heterocycles. The fourth-order valence-electron chi connectivity index (χ4n) is 2.70. The predicted octanol–water partition coefficient (Wildman–Crippen LogP) is 5.65. The molecule has 1 heterocycles. The van der Waals surface area contributed by atoms with Crippen LogP contribution in [-0.4, -0.2) is 15.6 Å². The van der Waals surface area contributed by atoms with Crippen molar-refractivity contribution >= 4 is 23.4 Å². The Bertz CT molecular complexity index is 859. The number of rotatable bonds is 6. The average Bonchev–Trinajstić information content (AvgIpc) is 3.15. The summed E-state index contributed by atoms with van der Waals surface area (Å²) in [6.45, 7) is 4.72. The zero-order chi connectivity index (χ0) is 19.2. The highest BCUT2D eigenvalue weighted by Gasteiger charge is 2.18. The summed E-state index contributed by atoms with van der Waals surface area (Å²) in [5.74, 6) is 0.440. The van der Waals surface area contributed by atoms with Gasteiger partial charge in [-0.05, 0) is 41.3 Å². The molecule has 5 nitrogen and oxygen atoms in total. The van der Waals surface area contributed by atoms with Gasteiger partial charge in [0.2, 0.25) is 0 Å². The van der Waals surface area contributed by atoms with Crippen LogP contribution in [0.1, 0.15) is 37.0 Å². The second-order valence-corrected chi connectivity index (χ2v) is 7.04. The summed E-state index contributed by atoms with van der Waals surface area (Å²) >= 11 is 5.97. The van der Waals surface area contributed by atoms with Gasteiger partial charge in [0, 0.05) is 23.1 Å². The van der Waals surface area contributed by atoms with Crippen molar-refractivity contribution in [3.8, 4) is 0 Å². The number of imidazole rings is 1. The standard InChI is InChI=1S/C21H22ClN3O2/c1-15(2)16-5-9-19(10-6-16)24-21(26)27-20(13-25-12-11-23-14-25)17-3-7-18(22)8-4-17/h3-12,14-15,20H,13H2,1-2H3,(H,24,26)/t20-/m0/s1. The highest BCUT2D eigenvalue weighted by Crippen LogP contribution is 2.23. The zero-order valence-electron chi connectivity index (χ0n) is 15.3. The van der Waals surface area contributed by atoms with Crippen LogP contribution in [0.2, 0.25) is 5.02 Å². The monoisotopic (exact) mass is 383 g/mol. The number of carbonyl (C=O) groups excluding carboxylic acids is 1. The van der Waals surface area contributed by atoms with Crippen LogP contribution >= 0.6 is 11.6 Å². The number of amides is 1. The van der Waals surface area contributed by atoms with E-state index in [1.165, 1.54) is 5.56 Å². The number of nitrogens with zero attached hydrogens (tertiary/aromatic N) is 2. The van der Waals surface area contributed by atoms with E-state index in [1.807, 2.05) is 47.2 Å². The Morgan fingerprint density at radius 3 is 2.37 bits per heavy atom. The molecule has 6 heteroatoms. The molecule has 0 radical (unpaired) electrons. The van der Waals surface area contributed by atoms with Crippen LogP contribution in [0.25, 0.3) is 0 Å².